The maximum Gasteiger partial charge on any atom is 0.407 e. The molecule has 20 heavy (non-hydrogen) atoms. The van der Waals surface area contributed by atoms with Crippen LogP contribution in [0.15, 0.2) is 0 Å². The molecule has 5 nitrogen and oxygen atoms in total. The van der Waals surface area contributed by atoms with E-state index in [1.54, 1.807) is 0 Å². The lowest BCUT2D eigenvalue weighted by Gasteiger charge is -2.36. The van der Waals surface area contributed by atoms with Crippen LogP contribution in [-0.4, -0.2) is 38.2 Å². The highest BCUT2D eigenvalue weighted by molar-refractivity contribution is 7.91. The predicted molar refractivity (Wildman–Crippen MR) is 79.4 cm³/mol. The molecule has 1 N–H and O–H groups in total. The number of carbonyl (C=O) groups is 1. The second kappa shape index (κ2) is 5.92. The first-order chi connectivity index (χ1) is 8.91. The Morgan fingerprint density at radius 2 is 1.80 bits per heavy atom. The van der Waals surface area contributed by atoms with Gasteiger partial charge >= 0.3 is 6.09 Å². The zero-order valence-electron chi connectivity index (χ0n) is 13.2. The van der Waals surface area contributed by atoms with Gasteiger partial charge in [-0.05, 0) is 51.9 Å². The van der Waals surface area contributed by atoms with Crippen molar-refractivity contribution < 1.29 is 17.9 Å². The zero-order valence-corrected chi connectivity index (χ0v) is 14.0. The van der Waals surface area contributed by atoms with Gasteiger partial charge in [-0.2, -0.15) is 0 Å². The van der Waals surface area contributed by atoms with Crippen molar-refractivity contribution in [3.8, 4) is 0 Å². The van der Waals surface area contributed by atoms with E-state index in [-0.39, 0.29) is 10.7 Å². The number of hydrogen-bond donors (Lipinski definition) is 1. The number of alkyl carbamates (subject to hydrolysis) is 1. The lowest BCUT2D eigenvalue weighted by Crippen LogP contribution is -2.42. The van der Waals surface area contributed by atoms with Gasteiger partial charge in [-0.25, -0.2) is 13.2 Å². The molecule has 0 unspecified atom stereocenters. The van der Waals surface area contributed by atoms with Crippen LogP contribution >= 0.6 is 0 Å². The third-order valence-corrected chi connectivity index (χ3v) is 5.49. The number of ether oxygens (including phenoxy) is 1. The largest absolute Gasteiger partial charge is 0.444 e. The minimum Gasteiger partial charge on any atom is -0.444 e. The third-order valence-electron chi connectivity index (χ3n) is 3.80. The highest BCUT2D eigenvalue weighted by Gasteiger charge is 2.35. The summed E-state index contributed by atoms with van der Waals surface area (Å²) in [5, 5.41) is 2.57. The van der Waals surface area contributed by atoms with Gasteiger partial charge in [0.05, 0.1) is 5.25 Å². The summed E-state index contributed by atoms with van der Waals surface area (Å²) in [6.45, 7) is 8.09. The number of carbonyl (C=O) groups excluding carboxylic acids is 1. The lowest BCUT2D eigenvalue weighted by molar-refractivity contribution is 0.0491. The Morgan fingerprint density at radius 1 is 1.30 bits per heavy atom. The van der Waals surface area contributed by atoms with E-state index in [0.29, 0.717) is 19.4 Å². The maximum atomic E-state index is 11.6. The van der Waals surface area contributed by atoms with Crippen LogP contribution in [0.4, 0.5) is 4.79 Å². The summed E-state index contributed by atoms with van der Waals surface area (Å²) in [5.41, 5.74) is -0.545. The minimum absolute atomic E-state index is 0.0436. The Bertz CT molecular complexity index is 442. The van der Waals surface area contributed by atoms with Crippen molar-refractivity contribution >= 4 is 15.9 Å². The quantitative estimate of drug-likeness (QED) is 0.869. The summed E-state index contributed by atoms with van der Waals surface area (Å²) in [6.07, 6.45) is 3.85. The molecule has 1 fully saturated rings. The minimum atomic E-state index is -2.94. The van der Waals surface area contributed by atoms with E-state index in [0.717, 1.165) is 12.8 Å². The smallest absolute Gasteiger partial charge is 0.407 e. The summed E-state index contributed by atoms with van der Waals surface area (Å²) in [7, 11) is -2.94. The first-order valence-electron chi connectivity index (χ1n) is 7.07. The Labute approximate surface area is 122 Å². The Hall–Kier alpha value is -0.780. The molecule has 0 spiro atoms. The third kappa shape index (κ3) is 5.69. The van der Waals surface area contributed by atoms with E-state index < -0.39 is 21.5 Å². The van der Waals surface area contributed by atoms with E-state index in [1.165, 1.54) is 6.26 Å². The molecular weight excluding hydrogens is 278 g/mol. The molecule has 1 amide bonds. The second-order valence-electron chi connectivity index (χ2n) is 7.19. The van der Waals surface area contributed by atoms with E-state index in [4.69, 9.17) is 4.74 Å². The van der Waals surface area contributed by atoms with Crippen molar-refractivity contribution in [3.05, 3.63) is 0 Å². The molecule has 1 rings (SSSR count). The molecule has 0 aromatic rings. The Morgan fingerprint density at radius 3 is 2.20 bits per heavy atom. The van der Waals surface area contributed by atoms with Crippen molar-refractivity contribution in [2.24, 2.45) is 5.41 Å². The summed E-state index contributed by atoms with van der Waals surface area (Å²) in [6, 6.07) is 0. The van der Waals surface area contributed by atoms with Crippen molar-refractivity contribution in [2.75, 3.05) is 12.8 Å². The van der Waals surface area contributed by atoms with E-state index >= 15 is 0 Å². The van der Waals surface area contributed by atoms with Crippen LogP contribution in [0.5, 0.6) is 0 Å². The molecule has 118 valence electrons. The molecule has 0 radical (unpaired) electrons. The van der Waals surface area contributed by atoms with Crippen LogP contribution in [-0.2, 0) is 14.6 Å². The van der Waals surface area contributed by atoms with Crippen molar-refractivity contribution in [1.82, 2.24) is 5.32 Å². The molecule has 0 atom stereocenters. The highest BCUT2D eigenvalue weighted by Crippen LogP contribution is 2.37. The molecular formula is C14H27NO4S. The second-order valence-corrected chi connectivity index (χ2v) is 9.52. The Balaban J connectivity index is 2.44. The average molecular weight is 305 g/mol. The molecule has 0 aromatic carbocycles. The van der Waals surface area contributed by atoms with Gasteiger partial charge in [0.15, 0.2) is 0 Å². The fourth-order valence-electron chi connectivity index (χ4n) is 2.49. The number of rotatable bonds is 3. The summed E-state index contributed by atoms with van der Waals surface area (Å²) < 4.78 is 28.3. The molecule has 1 aliphatic rings. The summed E-state index contributed by atoms with van der Waals surface area (Å²) >= 11 is 0. The van der Waals surface area contributed by atoms with E-state index in [9.17, 15) is 13.2 Å². The van der Waals surface area contributed by atoms with E-state index in [2.05, 4.69) is 12.2 Å². The normalized spacial score (nSPS) is 27.9. The molecule has 0 aliphatic heterocycles. The van der Waals surface area contributed by atoms with Crippen LogP contribution < -0.4 is 5.32 Å². The van der Waals surface area contributed by atoms with Crippen LogP contribution in [0.1, 0.15) is 53.4 Å². The monoisotopic (exact) mass is 305 g/mol. The summed E-state index contributed by atoms with van der Waals surface area (Å²) in [5.74, 6) is 0. The average Bonchev–Trinajstić information content (AvgIpc) is 2.23. The molecule has 6 heteroatoms. The number of hydrogen-bond acceptors (Lipinski definition) is 4. The summed E-state index contributed by atoms with van der Waals surface area (Å²) in [4.78, 5) is 11.6. The zero-order chi connectivity index (χ0) is 15.6. The topological polar surface area (TPSA) is 72.5 Å². The fourth-order valence-corrected chi connectivity index (χ4v) is 3.58. The number of amides is 1. The van der Waals surface area contributed by atoms with Crippen molar-refractivity contribution in [2.45, 2.75) is 64.2 Å². The molecule has 0 bridgehead atoms. The van der Waals surface area contributed by atoms with Gasteiger partial charge < -0.3 is 10.1 Å². The SMILES string of the molecule is CC(C)(C)OC(=O)NC[C@]1(C)CC[C@@H](S(C)(=O)=O)CC1. The molecule has 1 aliphatic carbocycles. The first-order valence-corrected chi connectivity index (χ1v) is 9.02. The van der Waals surface area contributed by atoms with Gasteiger partial charge in [0, 0.05) is 12.8 Å². The van der Waals surface area contributed by atoms with Gasteiger partial charge in [0.25, 0.3) is 0 Å². The van der Waals surface area contributed by atoms with Gasteiger partial charge in [-0.3, -0.25) is 0 Å². The first kappa shape index (κ1) is 17.3. The predicted octanol–water partition coefficient (Wildman–Crippen LogP) is 2.50. The number of sulfone groups is 1. The van der Waals surface area contributed by atoms with Crippen LogP contribution in [0, 0.1) is 5.41 Å². The molecule has 0 aromatic heterocycles. The van der Waals surface area contributed by atoms with Crippen molar-refractivity contribution in [3.63, 3.8) is 0 Å². The Kier molecular flexibility index (Phi) is 5.11. The van der Waals surface area contributed by atoms with Gasteiger partial charge in [-0.1, -0.05) is 6.92 Å². The van der Waals surface area contributed by atoms with Gasteiger partial charge in [-0.15, -0.1) is 0 Å². The van der Waals surface area contributed by atoms with Crippen LogP contribution in [0.2, 0.25) is 0 Å². The van der Waals surface area contributed by atoms with Crippen LogP contribution in [0.3, 0.4) is 0 Å². The van der Waals surface area contributed by atoms with Gasteiger partial charge in [0.1, 0.15) is 15.4 Å². The molecule has 0 saturated heterocycles. The molecule has 1 saturated carbocycles. The lowest BCUT2D eigenvalue weighted by atomic mass is 9.75. The van der Waals surface area contributed by atoms with E-state index in [1.807, 2.05) is 20.8 Å². The van der Waals surface area contributed by atoms with Crippen molar-refractivity contribution in [1.29, 1.82) is 0 Å². The standard InChI is InChI=1S/C14H27NO4S/c1-13(2,3)19-12(16)15-10-14(4)8-6-11(7-9-14)20(5,17)18/h11H,6-10H2,1-5H3,(H,15,16)/t11-,14-. The fraction of sp³-hybridized carbons (Fsp3) is 0.929. The highest BCUT2D eigenvalue weighted by atomic mass is 32.2. The van der Waals surface area contributed by atoms with Gasteiger partial charge in [0.2, 0.25) is 0 Å². The maximum absolute atomic E-state index is 11.6. The number of nitrogens with one attached hydrogen (secondary N) is 1. The molecule has 0 heterocycles. The van der Waals surface area contributed by atoms with Crippen LogP contribution in [0.25, 0.3) is 0 Å².